The Morgan fingerprint density at radius 2 is 1.70 bits per heavy atom. The van der Waals surface area contributed by atoms with E-state index in [1.54, 1.807) is 36.3 Å². The van der Waals surface area contributed by atoms with Gasteiger partial charge < -0.3 is 14.8 Å². The molecule has 6 aromatic rings. The van der Waals surface area contributed by atoms with Crippen LogP contribution in [0.2, 0.25) is 0 Å². The van der Waals surface area contributed by atoms with Gasteiger partial charge in [-0.15, -0.1) is 0 Å². The molecule has 314 valence electrons. The van der Waals surface area contributed by atoms with Gasteiger partial charge in [-0.2, -0.15) is 37.2 Å². The average Bonchev–Trinajstić information content (AvgIpc) is 3.59. The molecule has 0 bridgehead atoms. The van der Waals surface area contributed by atoms with E-state index in [4.69, 9.17) is 0 Å². The summed E-state index contributed by atoms with van der Waals surface area (Å²) in [6.45, 7) is -0.304. The molecule has 1 saturated carbocycles. The molecule has 1 aliphatic carbocycles. The number of amides is 2. The normalized spacial score (nSPS) is 18.6. The topological polar surface area (TPSA) is 138 Å². The van der Waals surface area contributed by atoms with Gasteiger partial charge in [0.2, 0.25) is 11.8 Å². The maximum Gasteiger partial charge on any atom is 0.435 e. The first-order valence-electron chi connectivity index (χ1n) is 18.8. The van der Waals surface area contributed by atoms with Crippen molar-refractivity contribution in [1.82, 2.24) is 49.1 Å². The third-order valence-electron chi connectivity index (χ3n) is 11.2. The Balaban J connectivity index is 1.05. The number of aromatic nitrogens is 8. The van der Waals surface area contributed by atoms with Crippen LogP contribution in [0.1, 0.15) is 56.0 Å². The zero-order valence-corrected chi connectivity index (χ0v) is 32.5. The fourth-order valence-corrected chi connectivity index (χ4v) is 8.22. The van der Waals surface area contributed by atoms with Crippen LogP contribution < -0.4 is 10.9 Å². The van der Waals surface area contributed by atoms with Gasteiger partial charge in [-0.05, 0) is 67.6 Å². The highest BCUT2D eigenvalue weighted by Gasteiger charge is 2.66. The molecule has 2 fully saturated rings. The van der Waals surface area contributed by atoms with Gasteiger partial charge in [-0.1, -0.05) is 12.1 Å². The molecule has 3 atom stereocenters. The van der Waals surface area contributed by atoms with Crippen molar-refractivity contribution in [1.29, 1.82) is 0 Å². The monoisotopic (exact) mass is 838 g/mol. The van der Waals surface area contributed by atoms with Gasteiger partial charge >= 0.3 is 12.7 Å². The number of hydrogen-bond donors (Lipinski definition) is 1. The van der Waals surface area contributed by atoms with Crippen molar-refractivity contribution in [2.75, 3.05) is 6.54 Å². The second kappa shape index (κ2) is 14.4. The van der Waals surface area contributed by atoms with E-state index < -0.39 is 76.9 Å². The van der Waals surface area contributed by atoms with E-state index in [1.165, 1.54) is 31.9 Å². The largest absolute Gasteiger partial charge is 0.435 e. The van der Waals surface area contributed by atoms with Crippen LogP contribution in [0.15, 0.2) is 72.2 Å². The van der Waals surface area contributed by atoms with Gasteiger partial charge in [0.25, 0.3) is 5.56 Å². The first-order valence-corrected chi connectivity index (χ1v) is 18.8. The summed E-state index contributed by atoms with van der Waals surface area (Å²) in [6.07, 6.45) is 2.17. The van der Waals surface area contributed by atoms with E-state index in [0.29, 0.717) is 39.5 Å². The third-order valence-corrected chi connectivity index (χ3v) is 11.2. The van der Waals surface area contributed by atoms with Gasteiger partial charge in [-0.25, -0.2) is 18.4 Å². The molecule has 13 nitrogen and oxygen atoms in total. The highest BCUT2D eigenvalue weighted by molar-refractivity contribution is 5.95. The van der Waals surface area contributed by atoms with E-state index in [0.717, 1.165) is 39.3 Å². The number of nitrogens with one attached hydrogen (secondary N) is 1. The zero-order valence-electron chi connectivity index (χ0n) is 32.5. The molecule has 20 heteroatoms. The standard InChI is InChI=1S/C40H37F7N10O3/c1-38(2,20-57-30(13-32(51-57)40(45,46)47)24-12-29(42)35(59)53(3)18-24)50-34(58)31(9-21-15-49-56(17-21)37(43)44)55-8-7-39(36(55)60)14-27(39)26-6-5-22(11-28(26)41)23-10-25-19-54(4)52-33(25)48-16-23/h5-6,10-13,15-19,27,31,37H,7-9,14,20H2,1-4H3,(H,50,58)/t27-,31-,39+/m1/s1. The predicted octanol–water partition coefficient (Wildman–Crippen LogP) is 6.00. The molecule has 8 rings (SSSR count). The van der Waals surface area contributed by atoms with E-state index >= 15 is 4.39 Å². The Kier molecular flexibility index (Phi) is 9.73. The molecular formula is C40H37F7N10O3. The van der Waals surface area contributed by atoms with Gasteiger partial charge in [0.15, 0.2) is 17.2 Å². The lowest BCUT2D eigenvalue weighted by Crippen LogP contribution is -2.56. The van der Waals surface area contributed by atoms with Crippen LogP contribution in [-0.2, 0) is 42.8 Å². The summed E-state index contributed by atoms with van der Waals surface area (Å²) in [6, 6.07) is 6.81. The number of aryl methyl sites for hydroxylation is 2. The number of halogens is 7. The number of rotatable bonds is 11. The molecule has 2 amide bonds. The van der Waals surface area contributed by atoms with E-state index in [1.807, 2.05) is 6.07 Å². The second-order valence-corrected chi connectivity index (χ2v) is 16.1. The van der Waals surface area contributed by atoms with Crippen LogP contribution in [0, 0.1) is 17.0 Å². The van der Waals surface area contributed by atoms with Crippen molar-refractivity contribution in [3.63, 3.8) is 0 Å². The number of pyridine rings is 2. The number of alkyl halides is 5. The molecule has 1 aliphatic heterocycles. The summed E-state index contributed by atoms with van der Waals surface area (Å²) in [5.41, 5.74) is -2.67. The van der Waals surface area contributed by atoms with E-state index in [9.17, 15) is 40.7 Å². The number of nitrogens with zero attached hydrogens (tertiary/aromatic N) is 9. The van der Waals surface area contributed by atoms with Crippen LogP contribution in [-0.4, -0.2) is 73.7 Å². The summed E-state index contributed by atoms with van der Waals surface area (Å²) < 4.78 is 103. The summed E-state index contributed by atoms with van der Waals surface area (Å²) in [5, 5.41) is 15.2. The van der Waals surface area contributed by atoms with E-state index in [2.05, 4.69) is 25.6 Å². The Morgan fingerprint density at radius 1 is 0.950 bits per heavy atom. The highest BCUT2D eigenvalue weighted by Crippen LogP contribution is 2.65. The molecule has 0 radical (unpaired) electrons. The first-order chi connectivity index (χ1) is 28.2. The molecule has 60 heavy (non-hydrogen) atoms. The first kappa shape index (κ1) is 40.4. The lowest BCUT2D eigenvalue weighted by molar-refractivity contribution is -0.141. The molecule has 1 N–H and O–H groups in total. The second-order valence-electron chi connectivity index (χ2n) is 16.1. The van der Waals surface area contributed by atoms with Crippen LogP contribution >= 0.6 is 0 Å². The smallest absolute Gasteiger partial charge is 0.348 e. The minimum absolute atomic E-state index is 0.0733. The Morgan fingerprint density at radius 3 is 2.38 bits per heavy atom. The molecule has 6 heterocycles. The summed E-state index contributed by atoms with van der Waals surface area (Å²) >= 11 is 0. The van der Waals surface area contributed by atoms with Gasteiger partial charge in [0.05, 0.1) is 29.4 Å². The Bertz CT molecular complexity index is 2710. The fourth-order valence-electron chi connectivity index (χ4n) is 8.22. The maximum atomic E-state index is 15.9. The van der Waals surface area contributed by atoms with Crippen molar-refractivity contribution in [3.05, 3.63) is 106 Å². The molecule has 1 spiro atoms. The molecule has 1 saturated heterocycles. The number of carbonyl (C=O) groups is 2. The SMILES string of the molecule is Cn1cc2cc(-c3ccc([C@H]4C[C@@]45CCN([C@H](Cc4cnn(C(F)F)c4)C(=O)NC(C)(C)Cn4nc(C(F)(F)F)cc4-c4cc(F)c(=O)n(C)c4)C5=O)c(F)c3)cnc2n1. The number of fused-ring (bicyclic) bond motifs is 1. The van der Waals surface area contributed by atoms with E-state index in [-0.39, 0.29) is 36.2 Å². The number of hydrogen-bond acceptors (Lipinski definition) is 7. The molecule has 1 aromatic carbocycles. The lowest BCUT2D eigenvalue weighted by atomic mass is 9.95. The Labute approximate surface area is 336 Å². The van der Waals surface area contributed by atoms with Crippen molar-refractivity contribution in [2.24, 2.45) is 19.5 Å². The van der Waals surface area contributed by atoms with Crippen molar-refractivity contribution in [2.45, 2.75) is 69.9 Å². The number of benzene rings is 1. The van der Waals surface area contributed by atoms with Gasteiger partial charge in [-0.3, -0.25) is 23.7 Å². The predicted molar refractivity (Wildman–Crippen MR) is 201 cm³/mol. The maximum absolute atomic E-state index is 15.9. The lowest BCUT2D eigenvalue weighted by Gasteiger charge is -2.33. The minimum Gasteiger partial charge on any atom is -0.348 e. The molecule has 5 aromatic heterocycles. The van der Waals surface area contributed by atoms with Crippen molar-refractivity contribution in [3.8, 4) is 22.4 Å². The quantitative estimate of drug-likeness (QED) is 0.158. The van der Waals surface area contributed by atoms with Crippen molar-refractivity contribution >= 4 is 22.8 Å². The zero-order chi connectivity index (χ0) is 43.1. The summed E-state index contributed by atoms with van der Waals surface area (Å²) in [5.74, 6) is -3.41. The van der Waals surface area contributed by atoms with Gasteiger partial charge in [0, 0.05) is 74.3 Å². The van der Waals surface area contributed by atoms with Crippen LogP contribution in [0.3, 0.4) is 0 Å². The van der Waals surface area contributed by atoms with Crippen LogP contribution in [0.4, 0.5) is 30.7 Å². The Hall–Kier alpha value is -6.34. The third kappa shape index (κ3) is 7.42. The van der Waals surface area contributed by atoms with Crippen LogP contribution in [0.25, 0.3) is 33.4 Å². The summed E-state index contributed by atoms with van der Waals surface area (Å²) in [4.78, 5) is 46.4. The van der Waals surface area contributed by atoms with Crippen LogP contribution in [0.5, 0.6) is 0 Å². The van der Waals surface area contributed by atoms with Gasteiger partial charge in [0.1, 0.15) is 11.9 Å². The fraction of sp³-hybridized carbons (Fsp3) is 0.375. The van der Waals surface area contributed by atoms with Crippen molar-refractivity contribution < 1.29 is 40.3 Å². The molecule has 2 aliphatic rings. The molecular weight excluding hydrogens is 801 g/mol. The average molecular weight is 839 g/mol. The summed E-state index contributed by atoms with van der Waals surface area (Å²) in [7, 11) is 3.00. The number of carbonyl (C=O) groups excluding carboxylic acids is 2. The highest BCUT2D eigenvalue weighted by atomic mass is 19.4. The number of likely N-dealkylation sites (tertiary alicyclic amines) is 1. The molecule has 0 unspecified atom stereocenters. The minimum atomic E-state index is -4.90.